The van der Waals surface area contributed by atoms with Gasteiger partial charge in [-0.25, -0.2) is 19.6 Å². The normalized spacial score (nSPS) is 18.3. The molecule has 1 saturated heterocycles. The molecular formula is C38H46N6O4. The van der Waals surface area contributed by atoms with Crippen LogP contribution >= 0.6 is 0 Å². The molecule has 4 aromatic rings. The van der Waals surface area contributed by atoms with E-state index in [1.807, 2.05) is 53.9 Å². The third-order valence-electron chi connectivity index (χ3n) is 8.58. The molecule has 0 aliphatic carbocycles. The minimum Gasteiger partial charge on any atom is -0.444 e. The molecule has 1 fully saturated rings. The fourth-order valence-electron chi connectivity index (χ4n) is 6.20. The van der Waals surface area contributed by atoms with E-state index < -0.39 is 11.2 Å². The van der Waals surface area contributed by atoms with E-state index in [1.165, 1.54) is 5.57 Å². The summed E-state index contributed by atoms with van der Waals surface area (Å²) in [7, 11) is 0. The number of amides is 2. The number of carbonyl (C=O) groups excluding carboxylic acids is 2. The number of rotatable bonds is 6. The summed E-state index contributed by atoms with van der Waals surface area (Å²) in [6.07, 6.45) is 7.75. The maximum atomic E-state index is 13.0. The van der Waals surface area contributed by atoms with Crippen LogP contribution in [0.3, 0.4) is 0 Å². The second-order valence-electron chi connectivity index (χ2n) is 14.6. The van der Waals surface area contributed by atoms with Crippen LogP contribution in [0.5, 0.6) is 0 Å². The number of hydrogen-bond acceptors (Lipinski definition) is 6. The zero-order valence-corrected chi connectivity index (χ0v) is 29.0. The van der Waals surface area contributed by atoms with Crippen LogP contribution in [0.25, 0.3) is 33.6 Å². The number of likely N-dealkylation sites (tertiary alicyclic amines) is 1. The molecule has 10 heteroatoms. The molecule has 2 unspecified atom stereocenters. The Labute approximate surface area is 282 Å². The topological polar surface area (TPSA) is 116 Å². The summed E-state index contributed by atoms with van der Waals surface area (Å²) in [5.74, 6) is 1.49. The van der Waals surface area contributed by atoms with Crippen molar-refractivity contribution in [2.24, 2.45) is 0 Å². The summed E-state index contributed by atoms with van der Waals surface area (Å²) in [6.45, 7) is 14.6. The standard InChI is InChI=1S/C38H46N6O4/c1-8-24-20-32(44(23-24)36(46)48-38(5,6)7)34-40-22-30(42-34)28-17-13-26(14-18-28)25-11-15-27(16-12-25)29-21-39-33(41-29)31-10-9-19-43(31)35(45)47-37(2,3)4/h11-18,20-22,31-32H,8-10,19,23H2,1-7H3,(H,39,41)(H,40,42). The van der Waals surface area contributed by atoms with E-state index >= 15 is 0 Å². The van der Waals surface area contributed by atoms with Crippen molar-refractivity contribution in [3.05, 3.63) is 84.2 Å². The zero-order chi connectivity index (χ0) is 34.2. The fraction of sp³-hybridized carbons (Fsp3) is 0.421. The average molecular weight is 651 g/mol. The van der Waals surface area contributed by atoms with Gasteiger partial charge in [0.05, 0.1) is 29.8 Å². The Morgan fingerprint density at radius 1 is 0.750 bits per heavy atom. The molecule has 10 nitrogen and oxygen atoms in total. The number of ether oxygens (including phenoxy) is 2. The Hall–Kier alpha value is -4.86. The lowest BCUT2D eigenvalue weighted by molar-refractivity contribution is 0.0213. The number of nitrogens with zero attached hydrogens (tertiary/aromatic N) is 4. The number of H-pyrrole nitrogens is 2. The second kappa shape index (κ2) is 13.0. The Morgan fingerprint density at radius 2 is 1.23 bits per heavy atom. The summed E-state index contributed by atoms with van der Waals surface area (Å²) in [5, 5.41) is 0. The molecule has 2 aliphatic rings. The van der Waals surface area contributed by atoms with Gasteiger partial charge in [-0.2, -0.15) is 0 Å². The predicted molar refractivity (Wildman–Crippen MR) is 186 cm³/mol. The predicted octanol–water partition coefficient (Wildman–Crippen LogP) is 8.83. The van der Waals surface area contributed by atoms with Crippen LogP contribution in [0, 0.1) is 0 Å². The second-order valence-corrected chi connectivity index (χ2v) is 14.6. The summed E-state index contributed by atoms with van der Waals surface area (Å²) in [6, 6.07) is 16.3. The fourth-order valence-corrected chi connectivity index (χ4v) is 6.20. The minimum atomic E-state index is -0.572. The molecule has 252 valence electrons. The third kappa shape index (κ3) is 7.32. The summed E-state index contributed by atoms with van der Waals surface area (Å²) in [4.78, 5) is 45.5. The first-order chi connectivity index (χ1) is 22.8. The van der Waals surface area contributed by atoms with E-state index in [0.717, 1.165) is 58.7 Å². The van der Waals surface area contributed by atoms with Crippen molar-refractivity contribution in [3.63, 3.8) is 0 Å². The van der Waals surface area contributed by atoms with E-state index in [9.17, 15) is 9.59 Å². The largest absolute Gasteiger partial charge is 0.444 e. The lowest BCUT2D eigenvalue weighted by atomic mass is 10.0. The maximum Gasteiger partial charge on any atom is 0.411 e. The first-order valence-corrected chi connectivity index (χ1v) is 16.8. The van der Waals surface area contributed by atoms with Crippen molar-refractivity contribution < 1.29 is 19.1 Å². The van der Waals surface area contributed by atoms with Crippen LogP contribution in [-0.2, 0) is 9.47 Å². The van der Waals surface area contributed by atoms with Gasteiger partial charge in [-0.05, 0) is 83.1 Å². The van der Waals surface area contributed by atoms with Crippen LogP contribution in [0.1, 0.15) is 91.5 Å². The molecule has 0 radical (unpaired) electrons. The number of benzene rings is 2. The molecule has 2 N–H and O–H groups in total. The molecule has 2 aliphatic heterocycles. The van der Waals surface area contributed by atoms with Crippen LogP contribution in [0.2, 0.25) is 0 Å². The van der Waals surface area contributed by atoms with Crippen LogP contribution < -0.4 is 0 Å². The smallest absolute Gasteiger partial charge is 0.411 e. The highest BCUT2D eigenvalue weighted by atomic mass is 16.6. The van der Waals surface area contributed by atoms with Gasteiger partial charge < -0.3 is 19.4 Å². The molecule has 0 spiro atoms. The van der Waals surface area contributed by atoms with Gasteiger partial charge in [-0.15, -0.1) is 0 Å². The van der Waals surface area contributed by atoms with E-state index in [4.69, 9.17) is 9.47 Å². The summed E-state index contributed by atoms with van der Waals surface area (Å²) >= 11 is 0. The van der Waals surface area contributed by atoms with E-state index in [1.54, 1.807) is 9.80 Å². The molecule has 4 heterocycles. The first-order valence-electron chi connectivity index (χ1n) is 16.8. The Balaban J connectivity index is 1.13. The third-order valence-corrected chi connectivity index (χ3v) is 8.58. The average Bonchev–Trinajstić information content (AvgIpc) is 3.85. The number of aromatic nitrogens is 4. The van der Waals surface area contributed by atoms with Crippen molar-refractivity contribution in [2.45, 2.75) is 91.0 Å². The molecule has 2 atom stereocenters. The number of imidazole rings is 2. The van der Waals surface area contributed by atoms with Crippen molar-refractivity contribution in [2.75, 3.05) is 13.1 Å². The van der Waals surface area contributed by atoms with Crippen molar-refractivity contribution >= 4 is 12.2 Å². The van der Waals surface area contributed by atoms with Crippen molar-refractivity contribution in [1.82, 2.24) is 29.7 Å². The highest BCUT2D eigenvalue weighted by Crippen LogP contribution is 2.35. The van der Waals surface area contributed by atoms with Crippen molar-refractivity contribution in [3.8, 4) is 33.6 Å². The van der Waals surface area contributed by atoms with Gasteiger partial charge in [0, 0.05) is 13.1 Å². The zero-order valence-electron chi connectivity index (χ0n) is 29.0. The number of carbonyl (C=O) groups is 2. The Bertz CT molecular complexity index is 1790. The van der Waals surface area contributed by atoms with Gasteiger partial charge in [0.15, 0.2) is 0 Å². The molecule has 0 saturated carbocycles. The molecule has 2 amide bonds. The lowest BCUT2D eigenvalue weighted by Gasteiger charge is -2.28. The van der Waals surface area contributed by atoms with Gasteiger partial charge >= 0.3 is 12.2 Å². The number of hydrogen-bond donors (Lipinski definition) is 2. The highest BCUT2D eigenvalue weighted by Gasteiger charge is 2.36. The lowest BCUT2D eigenvalue weighted by Crippen LogP contribution is -2.37. The molecule has 2 aromatic carbocycles. The van der Waals surface area contributed by atoms with Gasteiger partial charge in [0.25, 0.3) is 0 Å². The van der Waals surface area contributed by atoms with Gasteiger partial charge in [-0.3, -0.25) is 9.80 Å². The van der Waals surface area contributed by atoms with Gasteiger partial charge in [0.1, 0.15) is 28.9 Å². The van der Waals surface area contributed by atoms with Gasteiger partial charge in [0.2, 0.25) is 0 Å². The Morgan fingerprint density at radius 3 is 1.75 bits per heavy atom. The van der Waals surface area contributed by atoms with Crippen LogP contribution in [0.4, 0.5) is 9.59 Å². The first kappa shape index (κ1) is 33.1. The van der Waals surface area contributed by atoms with Gasteiger partial charge in [-0.1, -0.05) is 67.1 Å². The molecule has 48 heavy (non-hydrogen) atoms. The molecule has 0 bridgehead atoms. The molecular weight excluding hydrogens is 604 g/mol. The Kier molecular flexibility index (Phi) is 8.94. The SMILES string of the molecule is CCC1=CC(c2ncc(-c3ccc(-c4ccc(-c5cnc(C6CCCN6C(=O)OC(C)(C)C)[nH]5)cc4)cc3)[nH]2)N(C(=O)OC(C)(C)C)C1. The quantitative estimate of drug-likeness (QED) is 0.202. The molecule has 6 rings (SSSR count). The number of nitrogens with one attached hydrogen (secondary N) is 2. The minimum absolute atomic E-state index is 0.121. The van der Waals surface area contributed by atoms with Crippen molar-refractivity contribution in [1.29, 1.82) is 0 Å². The monoisotopic (exact) mass is 650 g/mol. The van der Waals surface area contributed by atoms with Crippen LogP contribution in [-0.4, -0.2) is 66.2 Å². The van der Waals surface area contributed by atoms with E-state index in [0.29, 0.717) is 18.9 Å². The van der Waals surface area contributed by atoms with E-state index in [2.05, 4.69) is 81.5 Å². The number of aromatic amines is 2. The highest BCUT2D eigenvalue weighted by molar-refractivity contribution is 5.73. The van der Waals surface area contributed by atoms with Crippen LogP contribution in [0.15, 0.2) is 72.6 Å². The summed E-state index contributed by atoms with van der Waals surface area (Å²) in [5.41, 5.74) is 6.09. The summed E-state index contributed by atoms with van der Waals surface area (Å²) < 4.78 is 11.3. The van der Waals surface area contributed by atoms with E-state index in [-0.39, 0.29) is 24.3 Å². The molecule has 2 aromatic heterocycles. The maximum absolute atomic E-state index is 13.0.